The van der Waals surface area contributed by atoms with Crippen molar-refractivity contribution in [3.05, 3.63) is 0 Å². The van der Waals surface area contributed by atoms with Gasteiger partial charge in [0.2, 0.25) is 0 Å². The first-order valence-corrected chi connectivity index (χ1v) is 5.33. The van der Waals surface area contributed by atoms with Gasteiger partial charge >= 0.3 is 0 Å². The van der Waals surface area contributed by atoms with Crippen LogP contribution >= 0.6 is 0 Å². The van der Waals surface area contributed by atoms with Crippen molar-refractivity contribution in [2.75, 3.05) is 27.2 Å². The van der Waals surface area contributed by atoms with Gasteiger partial charge in [-0.3, -0.25) is 0 Å². The summed E-state index contributed by atoms with van der Waals surface area (Å²) < 4.78 is 0. The molecule has 1 atom stereocenters. The number of rotatable bonds is 7. The van der Waals surface area contributed by atoms with Gasteiger partial charge in [0.15, 0.2) is 0 Å². The van der Waals surface area contributed by atoms with Crippen LogP contribution in [0.2, 0.25) is 0 Å². The Morgan fingerprint density at radius 3 is 2.43 bits per heavy atom. The lowest BCUT2D eigenvalue weighted by Gasteiger charge is -2.25. The predicted molar refractivity (Wildman–Crippen MR) is 60.0 cm³/mol. The fraction of sp³-hybridized carbons (Fsp3) is 0.909. The zero-order chi connectivity index (χ0) is 11.0. The monoisotopic (exact) mass is 197 g/mol. The highest BCUT2D eigenvalue weighted by Gasteiger charge is 2.12. The molecule has 0 bridgehead atoms. The molecule has 0 amide bonds. The molecule has 82 valence electrons. The van der Waals surface area contributed by atoms with Crippen molar-refractivity contribution in [2.24, 2.45) is 5.92 Å². The molecular weight excluding hydrogens is 174 g/mol. The second-order valence-corrected chi connectivity index (χ2v) is 4.33. The highest BCUT2D eigenvalue weighted by atomic mass is 15.1. The van der Waals surface area contributed by atoms with Crippen molar-refractivity contribution < 1.29 is 0 Å². The summed E-state index contributed by atoms with van der Waals surface area (Å²) in [6.07, 6.45) is 1.60. The molecule has 3 nitrogen and oxygen atoms in total. The van der Waals surface area contributed by atoms with E-state index in [1.165, 1.54) is 0 Å². The fourth-order valence-electron chi connectivity index (χ4n) is 1.36. The van der Waals surface area contributed by atoms with E-state index in [1.807, 2.05) is 0 Å². The van der Waals surface area contributed by atoms with Gasteiger partial charge in [-0.2, -0.15) is 5.26 Å². The van der Waals surface area contributed by atoms with Crippen LogP contribution in [-0.2, 0) is 0 Å². The minimum atomic E-state index is 0.531. The Hall–Kier alpha value is -0.590. The Labute approximate surface area is 88.1 Å². The first-order valence-electron chi connectivity index (χ1n) is 5.33. The van der Waals surface area contributed by atoms with Gasteiger partial charge in [0.1, 0.15) is 0 Å². The summed E-state index contributed by atoms with van der Waals surface area (Å²) in [6, 6.07) is 2.69. The van der Waals surface area contributed by atoms with Gasteiger partial charge in [0.05, 0.1) is 6.07 Å². The van der Waals surface area contributed by atoms with Crippen LogP contribution in [-0.4, -0.2) is 38.1 Å². The Kier molecular flexibility index (Phi) is 7.45. The zero-order valence-electron chi connectivity index (χ0n) is 9.88. The van der Waals surface area contributed by atoms with E-state index < -0.39 is 0 Å². The van der Waals surface area contributed by atoms with Gasteiger partial charge in [0, 0.05) is 19.0 Å². The molecule has 0 saturated carbocycles. The summed E-state index contributed by atoms with van der Waals surface area (Å²) >= 11 is 0. The van der Waals surface area contributed by atoms with E-state index in [0.717, 1.165) is 19.5 Å². The van der Waals surface area contributed by atoms with E-state index in [4.69, 9.17) is 5.26 Å². The number of nitriles is 1. The minimum absolute atomic E-state index is 0.531. The molecule has 14 heavy (non-hydrogen) atoms. The first kappa shape index (κ1) is 13.4. The Bertz CT molecular complexity index is 170. The number of nitrogens with one attached hydrogen (secondary N) is 1. The number of hydrogen-bond donors (Lipinski definition) is 1. The van der Waals surface area contributed by atoms with E-state index in [2.05, 4.69) is 44.2 Å². The predicted octanol–water partition coefficient (Wildman–Crippen LogP) is 1.47. The normalized spacial score (nSPS) is 13.2. The summed E-state index contributed by atoms with van der Waals surface area (Å²) in [5, 5.41) is 11.9. The number of likely N-dealkylation sites (N-methyl/N-ethyl adjacent to an activating group) is 1. The molecule has 0 spiro atoms. The lowest BCUT2D eigenvalue weighted by molar-refractivity contribution is 0.289. The zero-order valence-corrected chi connectivity index (χ0v) is 9.88. The molecule has 0 aromatic carbocycles. The lowest BCUT2D eigenvalue weighted by Crippen LogP contribution is -2.42. The molecule has 0 aliphatic carbocycles. The third-order valence-electron chi connectivity index (χ3n) is 2.24. The molecule has 0 aliphatic heterocycles. The maximum atomic E-state index is 8.40. The minimum Gasteiger partial charge on any atom is -0.312 e. The van der Waals surface area contributed by atoms with Crippen molar-refractivity contribution in [3.8, 4) is 6.07 Å². The van der Waals surface area contributed by atoms with Crippen molar-refractivity contribution in [1.82, 2.24) is 10.2 Å². The molecule has 0 radical (unpaired) electrons. The van der Waals surface area contributed by atoms with Gasteiger partial charge in [-0.05, 0) is 33.0 Å². The molecule has 1 unspecified atom stereocenters. The topological polar surface area (TPSA) is 39.1 Å². The summed E-state index contributed by atoms with van der Waals surface area (Å²) in [5.41, 5.74) is 0. The van der Waals surface area contributed by atoms with Crippen molar-refractivity contribution >= 4 is 0 Å². The van der Waals surface area contributed by atoms with Crippen LogP contribution in [0.4, 0.5) is 0 Å². The number of unbranched alkanes of at least 4 members (excludes halogenated alkanes) is 1. The van der Waals surface area contributed by atoms with E-state index in [9.17, 15) is 0 Å². The molecule has 0 aliphatic rings. The molecule has 0 saturated heterocycles. The largest absolute Gasteiger partial charge is 0.312 e. The summed E-state index contributed by atoms with van der Waals surface area (Å²) in [7, 11) is 4.18. The molecular formula is C11H23N3. The van der Waals surface area contributed by atoms with Gasteiger partial charge in [0.25, 0.3) is 0 Å². The third-order valence-corrected chi connectivity index (χ3v) is 2.24. The third kappa shape index (κ3) is 6.88. The van der Waals surface area contributed by atoms with Crippen LogP contribution in [0, 0.1) is 17.2 Å². The first-order chi connectivity index (χ1) is 6.57. The second-order valence-electron chi connectivity index (χ2n) is 4.33. The molecule has 1 N–H and O–H groups in total. The van der Waals surface area contributed by atoms with E-state index in [0.29, 0.717) is 18.4 Å². The van der Waals surface area contributed by atoms with Crippen LogP contribution in [0.3, 0.4) is 0 Å². The maximum Gasteiger partial charge on any atom is 0.0622 e. The van der Waals surface area contributed by atoms with Crippen LogP contribution in [0.1, 0.15) is 26.7 Å². The molecule has 3 heteroatoms. The number of nitrogens with zero attached hydrogens (tertiary/aromatic N) is 2. The van der Waals surface area contributed by atoms with Gasteiger partial charge in [-0.1, -0.05) is 13.8 Å². The van der Waals surface area contributed by atoms with Crippen LogP contribution < -0.4 is 5.32 Å². The van der Waals surface area contributed by atoms with Crippen molar-refractivity contribution in [1.29, 1.82) is 5.26 Å². The van der Waals surface area contributed by atoms with Gasteiger partial charge in [-0.15, -0.1) is 0 Å². The molecule has 0 fully saturated rings. The molecule has 0 heterocycles. The van der Waals surface area contributed by atoms with E-state index in [-0.39, 0.29) is 0 Å². The van der Waals surface area contributed by atoms with Crippen LogP contribution in [0.5, 0.6) is 0 Å². The molecule has 0 aromatic rings. The average molecular weight is 197 g/mol. The Morgan fingerprint density at radius 2 is 2.00 bits per heavy atom. The SMILES string of the molecule is CC(C)C(CN(C)C)NCCCC#N. The quantitative estimate of drug-likeness (QED) is 0.628. The summed E-state index contributed by atoms with van der Waals surface area (Å²) in [4.78, 5) is 2.20. The Balaban J connectivity index is 3.69. The lowest BCUT2D eigenvalue weighted by atomic mass is 10.0. The molecule has 0 rings (SSSR count). The van der Waals surface area contributed by atoms with E-state index >= 15 is 0 Å². The van der Waals surface area contributed by atoms with Crippen molar-refractivity contribution in [2.45, 2.75) is 32.7 Å². The van der Waals surface area contributed by atoms with Crippen LogP contribution in [0.25, 0.3) is 0 Å². The highest BCUT2D eigenvalue weighted by molar-refractivity contribution is 4.75. The molecule has 0 aromatic heterocycles. The summed E-state index contributed by atoms with van der Waals surface area (Å²) in [6.45, 7) is 6.46. The Morgan fingerprint density at radius 1 is 1.36 bits per heavy atom. The smallest absolute Gasteiger partial charge is 0.0622 e. The summed E-state index contributed by atoms with van der Waals surface area (Å²) in [5.74, 6) is 0.638. The maximum absolute atomic E-state index is 8.40. The van der Waals surface area contributed by atoms with Crippen LogP contribution in [0.15, 0.2) is 0 Å². The number of hydrogen-bond acceptors (Lipinski definition) is 3. The standard InChI is InChI=1S/C11H23N3/c1-10(2)11(9-14(3)4)13-8-6-5-7-12/h10-11,13H,5-6,8-9H2,1-4H3. The van der Waals surface area contributed by atoms with Crippen molar-refractivity contribution in [3.63, 3.8) is 0 Å². The van der Waals surface area contributed by atoms with Gasteiger partial charge in [-0.25, -0.2) is 0 Å². The van der Waals surface area contributed by atoms with Gasteiger partial charge < -0.3 is 10.2 Å². The highest BCUT2D eigenvalue weighted by Crippen LogP contribution is 2.02. The van der Waals surface area contributed by atoms with E-state index in [1.54, 1.807) is 0 Å². The fourth-order valence-corrected chi connectivity index (χ4v) is 1.36. The average Bonchev–Trinajstić information content (AvgIpc) is 2.09. The second kappa shape index (κ2) is 7.78.